The zero-order chi connectivity index (χ0) is 19.0. The summed E-state index contributed by atoms with van der Waals surface area (Å²) >= 11 is 5.85. The van der Waals surface area contributed by atoms with Crippen molar-refractivity contribution in [3.8, 4) is 0 Å². The van der Waals surface area contributed by atoms with Crippen molar-refractivity contribution in [2.45, 2.75) is 19.0 Å². The Kier molecular flexibility index (Phi) is 4.85. The maximum Gasteiger partial charge on any atom is 0.459 e. The van der Waals surface area contributed by atoms with Crippen LogP contribution in [-0.4, -0.2) is 32.1 Å². The number of alkyl halides is 5. The fraction of sp³-hybridized carbons (Fsp3) is 0.214. The largest absolute Gasteiger partial charge is 0.483 e. The van der Waals surface area contributed by atoms with Crippen LogP contribution in [0.15, 0.2) is 24.4 Å². The molecule has 0 aromatic carbocycles. The number of nitrogens with zero attached hydrogens (tertiary/aromatic N) is 3. The quantitative estimate of drug-likeness (QED) is 0.507. The molecule has 0 atom stereocenters. The molecule has 134 valence electrons. The maximum absolute atomic E-state index is 13.5. The number of aryl methyl sites for hydroxylation is 1. The van der Waals surface area contributed by atoms with Gasteiger partial charge in [0.05, 0.1) is 10.7 Å². The molecule has 11 heteroatoms. The third kappa shape index (κ3) is 3.34. The summed E-state index contributed by atoms with van der Waals surface area (Å²) in [7, 11) is 0. The lowest BCUT2D eigenvalue weighted by atomic mass is 10.1. The molecule has 0 unspecified atom stereocenters. The van der Waals surface area contributed by atoms with Gasteiger partial charge in [-0.15, -0.1) is 0 Å². The van der Waals surface area contributed by atoms with Crippen molar-refractivity contribution < 1.29 is 31.9 Å². The molecule has 5 nitrogen and oxygen atoms in total. The number of halogens is 6. The number of pyridine rings is 2. The molecule has 0 aliphatic heterocycles. The van der Waals surface area contributed by atoms with E-state index >= 15 is 0 Å². The molecule has 3 aromatic rings. The molecule has 0 amide bonds. The minimum absolute atomic E-state index is 0.107. The third-order valence-electron chi connectivity index (χ3n) is 3.15. The number of hydrogen-bond acceptors (Lipinski definition) is 3. The van der Waals surface area contributed by atoms with Crippen molar-refractivity contribution in [3.05, 3.63) is 40.8 Å². The molecule has 0 saturated carbocycles. The topological polar surface area (TPSA) is 67.5 Å². The molecule has 1 N–H and O–H groups in total. The normalized spacial score (nSPS) is 12.1. The Bertz CT molecular complexity index is 939. The average Bonchev–Trinajstić information content (AvgIpc) is 2.87. The number of carboxylic acid groups (broad SMARTS) is 1. The highest BCUT2D eigenvalue weighted by Gasteiger charge is 2.60. The molecule has 3 heterocycles. The molecule has 0 bridgehead atoms. The van der Waals surface area contributed by atoms with Crippen molar-refractivity contribution >= 4 is 34.8 Å². The molecule has 0 aliphatic carbocycles. The Morgan fingerprint density at radius 3 is 2.36 bits per heavy atom. The van der Waals surface area contributed by atoms with Gasteiger partial charge in [0.25, 0.3) is 6.47 Å². The summed E-state index contributed by atoms with van der Waals surface area (Å²) in [5, 5.41) is 6.91. The van der Waals surface area contributed by atoms with Gasteiger partial charge in [0.1, 0.15) is 17.0 Å². The third-order valence-corrected chi connectivity index (χ3v) is 3.46. The van der Waals surface area contributed by atoms with E-state index in [0.29, 0.717) is 17.4 Å². The van der Waals surface area contributed by atoms with E-state index in [0.717, 1.165) is 0 Å². The minimum Gasteiger partial charge on any atom is -0.483 e. The van der Waals surface area contributed by atoms with Gasteiger partial charge in [-0.3, -0.25) is 9.20 Å². The second-order valence-electron chi connectivity index (χ2n) is 4.85. The van der Waals surface area contributed by atoms with Crippen LogP contribution in [-0.2, 0) is 10.7 Å². The monoisotopic (exact) mass is 381 g/mol. The van der Waals surface area contributed by atoms with E-state index in [1.165, 1.54) is 16.7 Å². The number of carbonyl (C=O) groups is 1. The summed E-state index contributed by atoms with van der Waals surface area (Å²) in [5.74, 6) is -5.09. The molecular formula is C14H9ClF5N3O2. The van der Waals surface area contributed by atoms with Crippen LogP contribution in [0.3, 0.4) is 0 Å². The molecule has 25 heavy (non-hydrogen) atoms. The Hall–Kier alpha value is -2.49. The first-order valence-corrected chi connectivity index (χ1v) is 6.88. The maximum atomic E-state index is 13.5. The molecule has 0 spiro atoms. The predicted molar refractivity (Wildman–Crippen MR) is 78.9 cm³/mol. The van der Waals surface area contributed by atoms with Gasteiger partial charge in [-0.1, -0.05) is 11.6 Å². The number of rotatable bonds is 1. The molecular weight excluding hydrogens is 373 g/mol. The van der Waals surface area contributed by atoms with Crippen LogP contribution in [0.1, 0.15) is 11.4 Å². The first-order valence-electron chi connectivity index (χ1n) is 6.50. The standard InChI is InChI=1S/C13H7ClF5N3.CH2O2/c1-6-5-22-10(20-6)3-2-7-8(14)4-9(21-11(7)22)12(15,16)13(17,18)19;2-1-3/h2-5H,1H3;1H,(H,2,3). The Labute approximate surface area is 141 Å². The fourth-order valence-electron chi connectivity index (χ4n) is 2.12. The first kappa shape index (κ1) is 18.8. The summed E-state index contributed by atoms with van der Waals surface area (Å²) in [4.78, 5) is 15.9. The molecule has 0 fully saturated rings. The minimum atomic E-state index is -5.75. The molecule has 0 aliphatic rings. The lowest BCUT2D eigenvalue weighted by molar-refractivity contribution is -0.290. The highest BCUT2D eigenvalue weighted by atomic mass is 35.5. The van der Waals surface area contributed by atoms with Crippen molar-refractivity contribution in [1.29, 1.82) is 0 Å². The highest BCUT2D eigenvalue weighted by Crippen LogP contribution is 2.44. The SMILES string of the molecule is Cc1cn2c(ccc3c(Cl)cc(C(F)(F)C(F)(F)F)nc32)n1.O=CO. The summed E-state index contributed by atoms with van der Waals surface area (Å²) < 4.78 is 65.9. The van der Waals surface area contributed by atoms with Crippen molar-refractivity contribution in [3.63, 3.8) is 0 Å². The summed E-state index contributed by atoms with van der Waals surface area (Å²) in [5.41, 5.74) is -0.611. The molecule has 3 aromatic heterocycles. The average molecular weight is 382 g/mol. The molecule has 0 radical (unpaired) electrons. The van der Waals surface area contributed by atoms with Crippen molar-refractivity contribution in [1.82, 2.24) is 14.4 Å². The van der Waals surface area contributed by atoms with Gasteiger partial charge in [-0.25, -0.2) is 9.97 Å². The zero-order valence-corrected chi connectivity index (χ0v) is 13.1. The van der Waals surface area contributed by atoms with E-state index in [1.54, 1.807) is 13.0 Å². The Morgan fingerprint density at radius 2 is 1.80 bits per heavy atom. The Balaban J connectivity index is 0.000000701. The smallest absolute Gasteiger partial charge is 0.459 e. The number of imidazole rings is 1. The van der Waals surface area contributed by atoms with Gasteiger partial charge in [-0.2, -0.15) is 22.0 Å². The highest BCUT2D eigenvalue weighted by molar-refractivity contribution is 6.35. The number of hydrogen-bond donors (Lipinski definition) is 1. The van der Waals surface area contributed by atoms with Crippen LogP contribution >= 0.6 is 11.6 Å². The van der Waals surface area contributed by atoms with Gasteiger partial charge < -0.3 is 5.11 Å². The van der Waals surface area contributed by atoms with Gasteiger partial charge in [-0.05, 0) is 25.1 Å². The van der Waals surface area contributed by atoms with Gasteiger partial charge >= 0.3 is 12.1 Å². The summed E-state index contributed by atoms with van der Waals surface area (Å²) in [6.45, 7) is 1.41. The van der Waals surface area contributed by atoms with Crippen LogP contribution in [0, 0.1) is 6.92 Å². The van der Waals surface area contributed by atoms with E-state index in [2.05, 4.69) is 9.97 Å². The lowest BCUT2D eigenvalue weighted by Crippen LogP contribution is -2.34. The van der Waals surface area contributed by atoms with Crippen LogP contribution in [0.25, 0.3) is 16.7 Å². The van der Waals surface area contributed by atoms with Crippen LogP contribution in [0.5, 0.6) is 0 Å². The van der Waals surface area contributed by atoms with E-state index in [4.69, 9.17) is 21.5 Å². The second kappa shape index (κ2) is 6.43. The van der Waals surface area contributed by atoms with E-state index in [1.807, 2.05) is 0 Å². The van der Waals surface area contributed by atoms with Gasteiger partial charge in [0.2, 0.25) is 0 Å². The van der Waals surface area contributed by atoms with Crippen molar-refractivity contribution in [2.24, 2.45) is 0 Å². The fourth-order valence-corrected chi connectivity index (χ4v) is 2.37. The zero-order valence-electron chi connectivity index (χ0n) is 12.4. The first-order chi connectivity index (χ1) is 11.5. The van der Waals surface area contributed by atoms with Crippen LogP contribution < -0.4 is 0 Å². The molecule has 0 saturated heterocycles. The van der Waals surface area contributed by atoms with Crippen molar-refractivity contribution in [2.75, 3.05) is 0 Å². The lowest BCUT2D eigenvalue weighted by Gasteiger charge is -2.19. The van der Waals surface area contributed by atoms with E-state index in [9.17, 15) is 22.0 Å². The Morgan fingerprint density at radius 1 is 1.20 bits per heavy atom. The second-order valence-corrected chi connectivity index (χ2v) is 5.26. The van der Waals surface area contributed by atoms with Crippen LogP contribution in [0.4, 0.5) is 22.0 Å². The van der Waals surface area contributed by atoms with E-state index < -0.39 is 17.8 Å². The summed E-state index contributed by atoms with van der Waals surface area (Å²) in [6.07, 6.45) is -4.27. The van der Waals surface area contributed by atoms with Gasteiger partial charge in [0, 0.05) is 11.6 Å². The van der Waals surface area contributed by atoms with Crippen LogP contribution in [0.2, 0.25) is 5.02 Å². The number of aromatic nitrogens is 3. The predicted octanol–water partition coefficient (Wildman–Crippen LogP) is 4.20. The number of fused-ring (bicyclic) bond motifs is 3. The molecule has 3 rings (SSSR count). The van der Waals surface area contributed by atoms with Gasteiger partial charge in [0.15, 0.2) is 0 Å². The van der Waals surface area contributed by atoms with E-state index in [-0.39, 0.29) is 22.5 Å². The summed E-state index contributed by atoms with van der Waals surface area (Å²) in [6, 6.07) is 3.58.